The first-order valence-corrected chi connectivity index (χ1v) is 8.27. The van der Waals surface area contributed by atoms with Crippen LogP contribution in [-0.4, -0.2) is 29.0 Å². The number of fused-ring (bicyclic) bond motifs is 2. The van der Waals surface area contributed by atoms with E-state index >= 15 is 0 Å². The molecule has 0 unspecified atom stereocenters. The Morgan fingerprint density at radius 2 is 2.00 bits per heavy atom. The maximum atomic E-state index is 12.6. The van der Waals surface area contributed by atoms with Crippen LogP contribution in [0.3, 0.4) is 0 Å². The Morgan fingerprint density at radius 3 is 2.92 bits per heavy atom. The second kappa shape index (κ2) is 5.80. The van der Waals surface area contributed by atoms with Crippen LogP contribution in [-0.2, 0) is 11.2 Å². The molecule has 7 nitrogen and oxygen atoms in total. The standard InChI is InChI=1S/C19H15N3O4/c23-19(17-8-12-3-1-2-4-14(12)26-17)21-18-13(9-20-22-18)11-5-6-15-16(7-11)25-10-24-15/h1-7,9,17H,8,10H2,(H2,20,21,22,23)/t17-/m0/s1. The number of nitrogens with zero attached hydrogens (tertiary/aromatic N) is 1. The van der Waals surface area contributed by atoms with Crippen molar-refractivity contribution in [1.82, 2.24) is 10.2 Å². The maximum absolute atomic E-state index is 12.6. The molecule has 0 spiro atoms. The predicted octanol–water partition coefficient (Wildman–Crippen LogP) is 2.75. The predicted molar refractivity (Wildman–Crippen MR) is 93.3 cm³/mol. The lowest BCUT2D eigenvalue weighted by Crippen LogP contribution is -2.31. The number of nitrogens with one attached hydrogen (secondary N) is 2. The molecule has 0 bridgehead atoms. The lowest BCUT2D eigenvalue weighted by atomic mass is 10.1. The molecule has 0 aliphatic carbocycles. The molecular formula is C19H15N3O4. The van der Waals surface area contributed by atoms with Gasteiger partial charge in [0.15, 0.2) is 17.6 Å². The number of anilines is 1. The van der Waals surface area contributed by atoms with Crippen LogP contribution in [0.5, 0.6) is 17.2 Å². The van der Waals surface area contributed by atoms with Crippen LogP contribution >= 0.6 is 0 Å². The molecule has 2 aliphatic rings. The van der Waals surface area contributed by atoms with E-state index < -0.39 is 6.10 Å². The maximum Gasteiger partial charge on any atom is 0.266 e. The Kier molecular flexibility index (Phi) is 3.31. The first-order valence-electron chi connectivity index (χ1n) is 8.27. The second-order valence-electron chi connectivity index (χ2n) is 6.13. The van der Waals surface area contributed by atoms with Crippen LogP contribution in [0.1, 0.15) is 5.56 Å². The minimum atomic E-state index is -0.555. The van der Waals surface area contributed by atoms with Gasteiger partial charge in [0.2, 0.25) is 6.79 Å². The topological polar surface area (TPSA) is 85.5 Å². The van der Waals surface area contributed by atoms with Crippen LogP contribution in [0.4, 0.5) is 5.82 Å². The summed E-state index contributed by atoms with van der Waals surface area (Å²) >= 11 is 0. The molecule has 3 aromatic rings. The van der Waals surface area contributed by atoms with Gasteiger partial charge in [-0.1, -0.05) is 24.3 Å². The molecule has 1 atom stereocenters. The van der Waals surface area contributed by atoms with Crippen molar-refractivity contribution in [3.63, 3.8) is 0 Å². The summed E-state index contributed by atoms with van der Waals surface area (Å²) in [7, 11) is 0. The van der Waals surface area contributed by atoms with E-state index in [1.807, 2.05) is 42.5 Å². The summed E-state index contributed by atoms with van der Waals surface area (Å²) in [6, 6.07) is 13.3. The molecule has 1 amide bonds. The second-order valence-corrected chi connectivity index (χ2v) is 6.13. The van der Waals surface area contributed by atoms with E-state index in [1.165, 1.54) is 0 Å². The number of hydrogen-bond acceptors (Lipinski definition) is 5. The summed E-state index contributed by atoms with van der Waals surface area (Å²) in [6.45, 7) is 0.216. The highest BCUT2D eigenvalue weighted by atomic mass is 16.7. The van der Waals surface area contributed by atoms with Gasteiger partial charge in [0.05, 0.1) is 6.20 Å². The zero-order chi connectivity index (χ0) is 17.5. The normalized spacial score (nSPS) is 16.8. The van der Waals surface area contributed by atoms with Crippen LogP contribution in [0.2, 0.25) is 0 Å². The molecule has 0 fully saturated rings. The van der Waals surface area contributed by atoms with Crippen LogP contribution in [0.15, 0.2) is 48.7 Å². The third kappa shape index (κ3) is 2.45. The summed E-state index contributed by atoms with van der Waals surface area (Å²) < 4.78 is 16.5. The molecule has 2 N–H and O–H groups in total. The van der Waals surface area contributed by atoms with Crippen molar-refractivity contribution in [1.29, 1.82) is 0 Å². The zero-order valence-electron chi connectivity index (χ0n) is 13.7. The van der Waals surface area contributed by atoms with E-state index in [2.05, 4.69) is 15.5 Å². The van der Waals surface area contributed by atoms with E-state index in [1.54, 1.807) is 6.20 Å². The van der Waals surface area contributed by atoms with Gasteiger partial charge in [-0.05, 0) is 29.3 Å². The fourth-order valence-corrected chi connectivity index (χ4v) is 3.20. The van der Waals surface area contributed by atoms with Crippen LogP contribution in [0.25, 0.3) is 11.1 Å². The Morgan fingerprint density at radius 1 is 1.12 bits per heavy atom. The first kappa shape index (κ1) is 14.8. The largest absolute Gasteiger partial charge is 0.480 e. The Hall–Kier alpha value is -3.48. The number of carbonyl (C=O) groups is 1. The monoisotopic (exact) mass is 349 g/mol. The molecule has 0 radical (unpaired) electrons. The lowest BCUT2D eigenvalue weighted by molar-refractivity contribution is -0.122. The van der Waals surface area contributed by atoms with Gasteiger partial charge in [0.25, 0.3) is 5.91 Å². The number of H-pyrrole nitrogens is 1. The van der Waals surface area contributed by atoms with Gasteiger partial charge in [-0.2, -0.15) is 5.10 Å². The molecule has 0 saturated heterocycles. The third-order valence-electron chi connectivity index (χ3n) is 4.51. The number of ether oxygens (including phenoxy) is 3. The van der Waals surface area contributed by atoms with Gasteiger partial charge < -0.3 is 19.5 Å². The van der Waals surface area contributed by atoms with Crippen molar-refractivity contribution in [3.05, 3.63) is 54.2 Å². The fraction of sp³-hybridized carbons (Fsp3) is 0.158. The van der Waals surface area contributed by atoms with Crippen molar-refractivity contribution < 1.29 is 19.0 Å². The number of amides is 1. The average Bonchev–Trinajstić information content (AvgIpc) is 3.39. The molecule has 1 aromatic heterocycles. The highest BCUT2D eigenvalue weighted by molar-refractivity contribution is 5.97. The summed E-state index contributed by atoms with van der Waals surface area (Å²) in [5.41, 5.74) is 2.68. The minimum Gasteiger partial charge on any atom is -0.480 e. The molecule has 0 saturated carbocycles. The zero-order valence-corrected chi connectivity index (χ0v) is 13.7. The smallest absolute Gasteiger partial charge is 0.266 e. The summed E-state index contributed by atoms with van der Waals surface area (Å²) in [4.78, 5) is 12.6. The Labute approximate surface area is 148 Å². The van der Waals surface area contributed by atoms with Crippen LogP contribution < -0.4 is 19.5 Å². The van der Waals surface area contributed by atoms with Crippen molar-refractivity contribution in [2.24, 2.45) is 0 Å². The third-order valence-corrected chi connectivity index (χ3v) is 4.51. The Balaban J connectivity index is 1.36. The number of aromatic amines is 1. The molecule has 7 heteroatoms. The fourth-order valence-electron chi connectivity index (χ4n) is 3.20. The van der Waals surface area contributed by atoms with Gasteiger partial charge >= 0.3 is 0 Å². The molecule has 26 heavy (non-hydrogen) atoms. The van der Waals surface area contributed by atoms with Gasteiger partial charge in [0, 0.05) is 12.0 Å². The molecule has 3 heterocycles. The molecule has 5 rings (SSSR count). The van der Waals surface area contributed by atoms with Gasteiger partial charge in [0.1, 0.15) is 11.6 Å². The van der Waals surface area contributed by atoms with E-state index in [9.17, 15) is 4.79 Å². The van der Waals surface area contributed by atoms with E-state index in [0.29, 0.717) is 23.7 Å². The molecule has 2 aliphatic heterocycles. The first-order chi connectivity index (χ1) is 12.8. The molecule has 130 valence electrons. The number of para-hydroxylation sites is 1. The number of aromatic nitrogens is 2. The lowest BCUT2D eigenvalue weighted by Gasteiger charge is -2.11. The van der Waals surface area contributed by atoms with Crippen molar-refractivity contribution in [2.75, 3.05) is 12.1 Å². The van der Waals surface area contributed by atoms with Crippen LogP contribution in [0, 0.1) is 0 Å². The summed E-state index contributed by atoms with van der Waals surface area (Å²) in [5, 5.41) is 9.78. The van der Waals surface area contributed by atoms with Gasteiger partial charge in [-0.25, -0.2) is 0 Å². The van der Waals surface area contributed by atoms with E-state index in [4.69, 9.17) is 14.2 Å². The van der Waals surface area contributed by atoms with Crippen molar-refractivity contribution in [3.8, 4) is 28.4 Å². The number of rotatable bonds is 3. The molecule has 2 aromatic carbocycles. The highest BCUT2D eigenvalue weighted by Crippen LogP contribution is 2.37. The Bertz CT molecular complexity index is 973. The quantitative estimate of drug-likeness (QED) is 0.759. The summed E-state index contributed by atoms with van der Waals surface area (Å²) in [5.74, 6) is 2.45. The number of carbonyl (C=O) groups excluding carboxylic acids is 1. The summed E-state index contributed by atoms with van der Waals surface area (Å²) in [6.07, 6.45) is 1.66. The number of benzene rings is 2. The van der Waals surface area contributed by atoms with E-state index in [0.717, 1.165) is 22.4 Å². The highest BCUT2D eigenvalue weighted by Gasteiger charge is 2.29. The average molecular weight is 349 g/mol. The number of hydrogen-bond donors (Lipinski definition) is 2. The van der Waals surface area contributed by atoms with Crippen molar-refractivity contribution >= 4 is 11.7 Å². The van der Waals surface area contributed by atoms with E-state index in [-0.39, 0.29) is 12.7 Å². The molecular weight excluding hydrogens is 334 g/mol. The van der Waals surface area contributed by atoms with Gasteiger partial charge in [-0.3, -0.25) is 9.89 Å². The van der Waals surface area contributed by atoms with Gasteiger partial charge in [-0.15, -0.1) is 0 Å². The van der Waals surface area contributed by atoms with Crippen molar-refractivity contribution in [2.45, 2.75) is 12.5 Å². The SMILES string of the molecule is O=C(Nc1[nH]ncc1-c1ccc2c(c1)OCO2)[C@@H]1Cc2ccccc2O1. The minimum absolute atomic E-state index is 0.215.